The molecule has 0 rings (SSSR count). The Bertz CT molecular complexity index is 352. The molecule has 0 saturated carbocycles. The first-order chi connectivity index (χ1) is 7.22. The number of primary amides is 1. The van der Waals surface area contributed by atoms with Crippen molar-refractivity contribution in [1.29, 1.82) is 0 Å². The topological polar surface area (TPSA) is 132 Å². The summed E-state index contributed by atoms with van der Waals surface area (Å²) >= 11 is 0. The van der Waals surface area contributed by atoms with Gasteiger partial charge in [-0.2, -0.15) is 0 Å². The van der Waals surface area contributed by atoms with Crippen LogP contribution in [0.25, 0.3) is 0 Å². The van der Waals surface area contributed by atoms with Gasteiger partial charge in [-0.3, -0.25) is 9.59 Å². The van der Waals surface area contributed by atoms with E-state index in [9.17, 15) is 18.0 Å². The third-order valence-corrected chi connectivity index (χ3v) is 2.60. The molecular formula is C8H16N3O4S. The fourth-order valence-electron chi connectivity index (χ4n) is 0.789. The third-order valence-electron chi connectivity index (χ3n) is 1.83. The van der Waals surface area contributed by atoms with Crippen molar-refractivity contribution in [2.45, 2.75) is 13.3 Å². The average molecular weight is 250 g/mol. The molecule has 0 aliphatic rings. The number of primary sulfonamides is 1. The Kier molecular flexibility index (Phi) is 5.97. The Hall–Kier alpha value is -1.15. The summed E-state index contributed by atoms with van der Waals surface area (Å²) in [4.78, 5) is 21.7. The molecule has 2 amide bonds. The first kappa shape index (κ1) is 14.8. The smallest absolute Gasteiger partial charge is 0.223 e. The number of carbonyl (C=O) groups excluding carboxylic acids is 2. The normalized spacial score (nSPS) is 13.1. The van der Waals surface area contributed by atoms with Gasteiger partial charge in [0.1, 0.15) is 0 Å². The molecule has 0 unspecified atom stereocenters. The van der Waals surface area contributed by atoms with Crippen LogP contribution in [0.4, 0.5) is 0 Å². The molecule has 0 aliphatic heterocycles. The van der Waals surface area contributed by atoms with E-state index in [1.807, 2.05) is 0 Å². The number of sulfonamides is 1. The first-order valence-electron chi connectivity index (χ1n) is 4.63. The van der Waals surface area contributed by atoms with Crippen LogP contribution in [0.2, 0.25) is 0 Å². The summed E-state index contributed by atoms with van der Waals surface area (Å²) in [7, 11) is -3.57. The van der Waals surface area contributed by atoms with Gasteiger partial charge in [0.05, 0.1) is 12.2 Å². The molecule has 0 fully saturated rings. The summed E-state index contributed by atoms with van der Waals surface area (Å²) in [6.45, 7) is 1.54. The van der Waals surface area contributed by atoms with E-state index in [0.29, 0.717) is 0 Å². The van der Waals surface area contributed by atoms with Crippen molar-refractivity contribution in [3.05, 3.63) is 6.42 Å². The summed E-state index contributed by atoms with van der Waals surface area (Å²) in [6.07, 6.45) is 1.47. The number of nitrogens with two attached hydrogens (primary N) is 2. The van der Waals surface area contributed by atoms with Crippen LogP contribution in [0.5, 0.6) is 0 Å². The molecule has 8 heteroatoms. The Morgan fingerprint density at radius 2 is 2.00 bits per heavy atom. The lowest BCUT2D eigenvalue weighted by Gasteiger charge is -2.06. The van der Waals surface area contributed by atoms with Crippen LogP contribution in [0.15, 0.2) is 0 Å². The van der Waals surface area contributed by atoms with Crippen LogP contribution < -0.4 is 16.2 Å². The summed E-state index contributed by atoms with van der Waals surface area (Å²) in [5.41, 5.74) is 4.99. The Labute approximate surface area is 94.6 Å². The van der Waals surface area contributed by atoms with Crippen LogP contribution in [-0.2, 0) is 19.6 Å². The molecule has 0 aromatic heterocycles. The maximum atomic E-state index is 11.1. The number of rotatable bonds is 7. The Morgan fingerprint density at radius 3 is 2.44 bits per heavy atom. The molecule has 93 valence electrons. The number of carbonyl (C=O) groups is 2. The third kappa shape index (κ3) is 8.18. The van der Waals surface area contributed by atoms with Gasteiger partial charge in [0.25, 0.3) is 0 Å². The van der Waals surface area contributed by atoms with Crippen molar-refractivity contribution in [2.24, 2.45) is 16.8 Å². The second kappa shape index (κ2) is 6.44. The molecule has 0 aliphatic carbocycles. The zero-order chi connectivity index (χ0) is 12.8. The summed E-state index contributed by atoms with van der Waals surface area (Å²) in [5, 5.41) is 7.06. The molecule has 16 heavy (non-hydrogen) atoms. The minimum absolute atomic E-state index is 0.0564. The monoisotopic (exact) mass is 250 g/mol. The highest BCUT2D eigenvalue weighted by molar-refractivity contribution is 7.89. The van der Waals surface area contributed by atoms with Gasteiger partial charge in [0.2, 0.25) is 21.8 Å². The fourth-order valence-corrected chi connectivity index (χ4v) is 1.18. The van der Waals surface area contributed by atoms with Gasteiger partial charge in [-0.1, -0.05) is 6.92 Å². The molecule has 1 atom stereocenters. The number of amides is 2. The van der Waals surface area contributed by atoms with Crippen molar-refractivity contribution in [3.63, 3.8) is 0 Å². The fraction of sp³-hybridized carbons (Fsp3) is 0.625. The molecule has 0 saturated heterocycles. The van der Waals surface area contributed by atoms with Crippen LogP contribution in [0, 0.1) is 12.3 Å². The van der Waals surface area contributed by atoms with E-state index in [1.165, 1.54) is 6.42 Å². The van der Waals surface area contributed by atoms with Crippen molar-refractivity contribution in [1.82, 2.24) is 5.32 Å². The summed E-state index contributed by atoms with van der Waals surface area (Å²) in [6, 6.07) is 0. The van der Waals surface area contributed by atoms with Crippen LogP contribution in [0.3, 0.4) is 0 Å². The number of hydrogen-bond acceptors (Lipinski definition) is 4. The molecule has 0 spiro atoms. The average Bonchev–Trinajstić information content (AvgIpc) is 2.11. The second-order valence-corrected chi connectivity index (χ2v) is 5.14. The van der Waals surface area contributed by atoms with Crippen LogP contribution in [0.1, 0.15) is 13.3 Å². The van der Waals surface area contributed by atoms with E-state index in [2.05, 4.69) is 5.32 Å². The Balaban J connectivity index is 3.72. The molecule has 0 aromatic carbocycles. The summed E-state index contributed by atoms with van der Waals surface area (Å²) in [5.74, 6) is -1.69. The van der Waals surface area contributed by atoms with E-state index in [1.54, 1.807) is 6.92 Å². The quantitative estimate of drug-likeness (QED) is 0.487. The highest BCUT2D eigenvalue weighted by atomic mass is 32.2. The predicted molar refractivity (Wildman–Crippen MR) is 58.3 cm³/mol. The van der Waals surface area contributed by atoms with Crippen LogP contribution >= 0.6 is 0 Å². The molecule has 0 bridgehead atoms. The maximum absolute atomic E-state index is 11.1. The lowest BCUT2D eigenvalue weighted by atomic mass is 10.1. The highest BCUT2D eigenvalue weighted by Gasteiger charge is 2.11. The zero-order valence-corrected chi connectivity index (χ0v) is 9.79. The Morgan fingerprint density at radius 1 is 1.44 bits per heavy atom. The van der Waals surface area contributed by atoms with Gasteiger partial charge in [-0.05, 0) is 6.42 Å². The van der Waals surface area contributed by atoms with E-state index in [4.69, 9.17) is 10.9 Å². The largest absolute Gasteiger partial charge is 0.369 e. The molecule has 0 aromatic rings. The van der Waals surface area contributed by atoms with E-state index < -0.39 is 27.8 Å². The minimum Gasteiger partial charge on any atom is -0.369 e. The highest BCUT2D eigenvalue weighted by Crippen LogP contribution is 2.02. The van der Waals surface area contributed by atoms with E-state index >= 15 is 0 Å². The van der Waals surface area contributed by atoms with Crippen LogP contribution in [-0.4, -0.2) is 32.5 Å². The predicted octanol–water partition coefficient (Wildman–Crippen LogP) is -1.89. The van der Waals surface area contributed by atoms with Crippen molar-refractivity contribution in [3.8, 4) is 0 Å². The van der Waals surface area contributed by atoms with Gasteiger partial charge in [-0.15, -0.1) is 0 Å². The van der Waals surface area contributed by atoms with Gasteiger partial charge in [0, 0.05) is 12.5 Å². The molecule has 7 nitrogen and oxygen atoms in total. The first-order valence-corrected chi connectivity index (χ1v) is 6.34. The molecule has 5 N–H and O–H groups in total. The molecule has 0 heterocycles. The second-order valence-electron chi connectivity index (χ2n) is 3.40. The van der Waals surface area contributed by atoms with Crippen molar-refractivity contribution < 1.29 is 18.0 Å². The van der Waals surface area contributed by atoms with Crippen molar-refractivity contribution in [2.75, 3.05) is 12.3 Å². The summed E-state index contributed by atoms with van der Waals surface area (Å²) < 4.78 is 21.0. The van der Waals surface area contributed by atoms with Gasteiger partial charge in [-0.25, -0.2) is 13.6 Å². The number of nitrogens with one attached hydrogen (secondary N) is 1. The zero-order valence-electron chi connectivity index (χ0n) is 8.97. The van der Waals surface area contributed by atoms with Crippen molar-refractivity contribution >= 4 is 21.8 Å². The lowest BCUT2D eigenvalue weighted by Crippen LogP contribution is -2.32. The maximum Gasteiger partial charge on any atom is 0.223 e. The van der Waals surface area contributed by atoms with E-state index in [0.717, 1.165) is 0 Å². The van der Waals surface area contributed by atoms with E-state index in [-0.39, 0.29) is 18.7 Å². The standard InChI is InChI=1S/C8H16N3O4S/c1-6(8(9)13)2-3-7(12)11-4-5-16(10,14)15/h3,6H,2,4-5H2,1H3,(H2,9,13)(H,11,12)(H2,10,14,15)/t6-/m0/s1. The van der Waals surface area contributed by atoms with Gasteiger partial charge < -0.3 is 11.1 Å². The SMILES string of the molecule is C[C@@H](C[CH]C(=O)NCCS(N)(=O)=O)C(N)=O. The molecular weight excluding hydrogens is 234 g/mol. The minimum atomic E-state index is -3.57. The molecule has 1 radical (unpaired) electrons. The lowest BCUT2D eigenvalue weighted by molar-refractivity contribution is -0.121. The number of hydrogen-bond donors (Lipinski definition) is 3. The van der Waals surface area contributed by atoms with Gasteiger partial charge >= 0.3 is 0 Å². The van der Waals surface area contributed by atoms with Gasteiger partial charge in [0.15, 0.2) is 0 Å².